The normalized spacial score (nSPS) is 10.4. The van der Waals surface area contributed by atoms with Crippen molar-refractivity contribution < 1.29 is 9.84 Å². The number of hydrogen-bond acceptors (Lipinski definition) is 3. The van der Waals surface area contributed by atoms with Gasteiger partial charge in [0.2, 0.25) is 5.88 Å². The van der Waals surface area contributed by atoms with Crippen molar-refractivity contribution in [2.75, 3.05) is 0 Å². The van der Waals surface area contributed by atoms with E-state index in [0.29, 0.717) is 27.2 Å². The molecule has 0 atom stereocenters. The first kappa shape index (κ1) is 13.6. The number of hydrogen-bond donors (Lipinski definition) is 1. The molecule has 0 aliphatic rings. The quantitative estimate of drug-likeness (QED) is 0.891. The molecule has 1 heterocycles. The van der Waals surface area contributed by atoms with Gasteiger partial charge in [-0.05, 0) is 18.2 Å². The summed E-state index contributed by atoms with van der Waals surface area (Å²) in [7, 11) is 0. The third-order valence-corrected chi connectivity index (χ3v) is 3.32. The Labute approximate surface area is 122 Å². The lowest BCUT2D eigenvalue weighted by molar-refractivity contribution is 0.281. The molecule has 0 spiro atoms. The van der Waals surface area contributed by atoms with Crippen LogP contribution in [0.25, 0.3) is 0 Å². The van der Waals surface area contributed by atoms with Crippen LogP contribution in [0.15, 0.2) is 34.9 Å². The second-order valence-corrected chi connectivity index (χ2v) is 5.18. The van der Waals surface area contributed by atoms with Crippen molar-refractivity contribution in [1.82, 2.24) is 4.98 Å². The number of aliphatic hydroxyl groups excluding tert-OH is 1. The molecule has 0 radical (unpaired) electrons. The number of pyridine rings is 1. The minimum atomic E-state index is -0.175. The molecule has 0 unspecified atom stereocenters. The monoisotopic (exact) mass is 347 g/mol. The van der Waals surface area contributed by atoms with E-state index in [0.717, 1.165) is 4.47 Å². The molecule has 0 aliphatic heterocycles. The van der Waals surface area contributed by atoms with Crippen molar-refractivity contribution in [3.05, 3.63) is 50.5 Å². The lowest BCUT2D eigenvalue weighted by atomic mass is 10.3. The topological polar surface area (TPSA) is 42.4 Å². The first-order chi connectivity index (χ1) is 8.60. The summed E-state index contributed by atoms with van der Waals surface area (Å²) in [6, 6.07) is 6.83. The molecule has 1 aromatic heterocycles. The Kier molecular flexibility index (Phi) is 4.45. The van der Waals surface area contributed by atoms with E-state index in [1.165, 1.54) is 6.20 Å². The molecule has 0 amide bonds. The zero-order valence-corrected chi connectivity index (χ0v) is 12.1. The van der Waals surface area contributed by atoms with Crippen molar-refractivity contribution in [2.24, 2.45) is 0 Å². The number of ether oxygens (including phenoxy) is 1. The first-order valence-electron chi connectivity index (χ1n) is 4.98. The minimum absolute atomic E-state index is 0.175. The molecule has 2 rings (SSSR count). The molecule has 3 nitrogen and oxygen atoms in total. The molecule has 1 N–H and O–H groups in total. The fraction of sp³-hybridized carbons (Fsp3) is 0.0833. The molecule has 94 valence electrons. The van der Waals surface area contributed by atoms with E-state index in [1.807, 2.05) is 6.07 Å². The van der Waals surface area contributed by atoms with Gasteiger partial charge < -0.3 is 9.84 Å². The molecule has 0 saturated carbocycles. The van der Waals surface area contributed by atoms with Crippen molar-refractivity contribution >= 4 is 39.1 Å². The highest BCUT2D eigenvalue weighted by atomic mass is 79.9. The standard InChI is InChI=1S/C12H8BrCl2NO2/c13-8-1-2-11(9(14)4-8)18-12-3-7(6-17)10(15)5-16-12/h1-5,17H,6H2. The van der Waals surface area contributed by atoms with Gasteiger partial charge in [-0.1, -0.05) is 39.1 Å². The van der Waals surface area contributed by atoms with Crippen molar-refractivity contribution in [1.29, 1.82) is 0 Å². The minimum Gasteiger partial charge on any atom is -0.437 e. The summed E-state index contributed by atoms with van der Waals surface area (Å²) in [6.45, 7) is -0.175. The number of halogens is 3. The molecular weight excluding hydrogens is 341 g/mol. The van der Waals surface area contributed by atoms with Gasteiger partial charge in [-0.15, -0.1) is 0 Å². The Morgan fingerprint density at radius 1 is 1.22 bits per heavy atom. The second kappa shape index (κ2) is 5.89. The van der Waals surface area contributed by atoms with Crippen LogP contribution in [-0.4, -0.2) is 10.1 Å². The first-order valence-corrected chi connectivity index (χ1v) is 6.53. The molecular formula is C12H8BrCl2NO2. The average molecular weight is 349 g/mol. The third kappa shape index (κ3) is 3.14. The van der Waals surface area contributed by atoms with Gasteiger partial charge in [-0.3, -0.25) is 0 Å². The number of aliphatic hydroxyl groups is 1. The van der Waals surface area contributed by atoms with E-state index in [-0.39, 0.29) is 6.61 Å². The Balaban J connectivity index is 2.28. The van der Waals surface area contributed by atoms with Gasteiger partial charge in [0.25, 0.3) is 0 Å². The van der Waals surface area contributed by atoms with Gasteiger partial charge in [-0.25, -0.2) is 4.98 Å². The fourth-order valence-electron chi connectivity index (χ4n) is 1.31. The molecule has 2 aromatic rings. The number of rotatable bonds is 3. The third-order valence-electron chi connectivity index (χ3n) is 2.19. The number of benzene rings is 1. The lowest BCUT2D eigenvalue weighted by Crippen LogP contribution is -1.92. The molecule has 1 aromatic carbocycles. The molecule has 0 saturated heterocycles. The van der Waals surface area contributed by atoms with Gasteiger partial charge in [0.05, 0.1) is 16.7 Å². The molecule has 0 fully saturated rings. The Morgan fingerprint density at radius 3 is 2.67 bits per heavy atom. The molecule has 0 aliphatic carbocycles. The van der Waals surface area contributed by atoms with Crippen molar-refractivity contribution in [3.63, 3.8) is 0 Å². The van der Waals surface area contributed by atoms with E-state index < -0.39 is 0 Å². The SMILES string of the molecule is OCc1cc(Oc2ccc(Br)cc2Cl)ncc1Cl. The van der Waals surface area contributed by atoms with E-state index in [1.54, 1.807) is 18.2 Å². The summed E-state index contributed by atoms with van der Waals surface area (Å²) in [5, 5.41) is 9.96. The second-order valence-electron chi connectivity index (χ2n) is 3.45. The summed E-state index contributed by atoms with van der Waals surface area (Å²) in [5.74, 6) is 0.811. The number of nitrogens with zero attached hydrogens (tertiary/aromatic N) is 1. The van der Waals surface area contributed by atoms with Crippen LogP contribution in [-0.2, 0) is 6.61 Å². The van der Waals surface area contributed by atoms with E-state index in [4.69, 9.17) is 33.0 Å². The molecule has 6 heteroatoms. The van der Waals surface area contributed by atoms with Gasteiger partial charge in [0, 0.05) is 22.3 Å². The van der Waals surface area contributed by atoms with Crippen LogP contribution < -0.4 is 4.74 Å². The summed E-state index contributed by atoms with van der Waals surface area (Å²) < 4.78 is 6.39. The maximum atomic E-state index is 9.10. The smallest absolute Gasteiger partial charge is 0.219 e. The van der Waals surface area contributed by atoms with E-state index >= 15 is 0 Å². The predicted molar refractivity (Wildman–Crippen MR) is 74.4 cm³/mol. The Bertz CT molecular complexity index is 578. The van der Waals surface area contributed by atoms with E-state index in [2.05, 4.69) is 20.9 Å². The van der Waals surface area contributed by atoms with Crippen LogP contribution in [0.4, 0.5) is 0 Å². The zero-order valence-electron chi connectivity index (χ0n) is 9.03. The van der Waals surface area contributed by atoms with Gasteiger partial charge >= 0.3 is 0 Å². The molecule has 0 bridgehead atoms. The highest BCUT2D eigenvalue weighted by Crippen LogP contribution is 2.31. The summed E-state index contributed by atoms with van der Waals surface area (Å²) in [4.78, 5) is 4.01. The highest BCUT2D eigenvalue weighted by molar-refractivity contribution is 9.10. The average Bonchev–Trinajstić information content (AvgIpc) is 2.35. The van der Waals surface area contributed by atoms with Crippen LogP contribution in [0.1, 0.15) is 5.56 Å². The van der Waals surface area contributed by atoms with Gasteiger partial charge in [0.15, 0.2) is 0 Å². The predicted octanol–water partition coefficient (Wildman–Crippen LogP) is 4.44. The summed E-state index contributed by atoms with van der Waals surface area (Å²) >= 11 is 15.2. The van der Waals surface area contributed by atoms with E-state index in [9.17, 15) is 0 Å². The highest BCUT2D eigenvalue weighted by Gasteiger charge is 2.07. The van der Waals surface area contributed by atoms with Crippen LogP contribution >= 0.6 is 39.1 Å². The summed E-state index contributed by atoms with van der Waals surface area (Å²) in [6.07, 6.45) is 1.43. The van der Waals surface area contributed by atoms with Crippen LogP contribution in [0.5, 0.6) is 11.6 Å². The van der Waals surface area contributed by atoms with Crippen molar-refractivity contribution in [2.45, 2.75) is 6.61 Å². The number of aromatic nitrogens is 1. The van der Waals surface area contributed by atoms with Crippen LogP contribution in [0.2, 0.25) is 10.0 Å². The maximum Gasteiger partial charge on any atom is 0.219 e. The fourth-order valence-corrected chi connectivity index (χ4v) is 2.18. The van der Waals surface area contributed by atoms with Gasteiger partial charge in [-0.2, -0.15) is 0 Å². The largest absolute Gasteiger partial charge is 0.437 e. The Hall–Kier alpha value is -0.810. The Morgan fingerprint density at radius 2 is 2.00 bits per heavy atom. The molecule has 18 heavy (non-hydrogen) atoms. The summed E-state index contributed by atoms with van der Waals surface area (Å²) in [5.41, 5.74) is 0.551. The van der Waals surface area contributed by atoms with Crippen LogP contribution in [0, 0.1) is 0 Å². The zero-order chi connectivity index (χ0) is 13.1. The maximum absolute atomic E-state index is 9.10. The van der Waals surface area contributed by atoms with Crippen LogP contribution in [0.3, 0.4) is 0 Å². The van der Waals surface area contributed by atoms with Crippen molar-refractivity contribution in [3.8, 4) is 11.6 Å². The van der Waals surface area contributed by atoms with Gasteiger partial charge in [0.1, 0.15) is 5.75 Å². The lowest BCUT2D eigenvalue weighted by Gasteiger charge is -2.08.